The maximum Gasteiger partial charge on any atom is 0.120 e. The lowest BCUT2D eigenvalue weighted by atomic mass is 10.2. The van der Waals surface area contributed by atoms with Gasteiger partial charge in [0.15, 0.2) is 0 Å². The van der Waals surface area contributed by atoms with Gasteiger partial charge in [-0.2, -0.15) is 0 Å². The summed E-state index contributed by atoms with van der Waals surface area (Å²) in [6.45, 7) is 2.59. The third kappa shape index (κ3) is 3.65. The molecule has 0 unspecified atom stereocenters. The second kappa shape index (κ2) is 6.32. The van der Waals surface area contributed by atoms with Crippen LogP contribution in [0.25, 0.3) is 0 Å². The van der Waals surface area contributed by atoms with Gasteiger partial charge in [0.05, 0.1) is 22.8 Å². The zero-order valence-electron chi connectivity index (χ0n) is 10.4. The third-order valence-corrected chi connectivity index (χ3v) is 4.18. The molecular formula is C13H13ClN2OS2. The van der Waals surface area contributed by atoms with Gasteiger partial charge < -0.3 is 10.5 Å². The van der Waals surface area contributed by atoms with Crippen LogP contribution >= 0.6 is 35.2 Å². The highest BCUT2D eigenvalue weighted by atomic mass is 35.5. The van der Waals surface area contributed by atoms with E-state index >= 15 is 0 Å². The fourth-order valence-electron chi connectivity index (χ4n) is 1.61. The van der Waals surface area contributed by atoms with Crippen LogP contribution in [0.3, 0.4) is 0 Å². The molecule has 0 radical (unpaired) electrons. The van der Waals surface area contributed by atoms with Crippen LogP contribution in [-0.2, 0) is 6.42 Å². The lowest BCUT2D eigenvalue weighted by molar-refractivity contribution is 0.322. The van der Waals surface area contributed by atoms with Crippen molar-refractivity contribution in [2.45, 2.75) is 13.3 Å². The maximum absolute atomic E-state index is 6.07. The molecular weight excluding hydrogens is 300 g/mol. The number of halogens is 1. The van der Waals surface area contributed by atoms with E-state index in [0.29, 0.717) is 22.9 Å². The van der Waals surface area contributed by atoms with Crippen LogP contribution in [0.15, 0.2) is 23.7 Å². The van der Waals surface area contributed by atoms with E-state index < -0.39 is 0 Å². The van der Waals surface area contributed by atoms with Crippen molar-refractivity contribution in [3.8, 4) is 5.75 Å². The summed E-state index contributed by atoms with van der Waals surface area (Å²) in [5.74, 6) is 0.715. The van der Waals surface area contributed by atoms with Crippen LogP contribution < -0.4 is 10.5 Å². The van der Waals surface area contributed by atoms with E-state index in [1.54, 1.807) is 23.5 Å². The summed E-state index contributed by atoms with van der Waals surface area (Å²) in [6, 6.07) is 5.33. The SMILES string of the molecule is Cc1ncsc1CCOc1ccc(C(N)=S)c(Cl)c1. The average Bonchev–Trinajstić information content (AvgIpc) is 2.75. The van der Waals surface area contributed by atoms with Gasteiger partial charge in [-0.25, -0.2) is 4.98 Å². The summed E-state index contributed by atoms with van der Waals surface area (Å²) >= 11 is 12.6. The fraction of sp³-hybridized carbons (Fsp3) is 0.231. The van der Waals surface area contributed by atoms with Crippen LogP contribution in [0.5, 0.6) is 5.75 Å². The Hall–Kier alpha value is -1.17. The van der Waals surface area contributed by atoms with Crippen LogP contribution in [-0.4, -0.2) is 16.6 Å². The van der Waals surface area contributed by atoms with E-state index in [1.165, 1.54) is 4.88 Å². The minimum absolute atomic E-state index is 0.289. The number of aryl methyl sites for hydroxylation is 1. The van der Waals surface area contributed by atoms with Gasteiger partial charge >= 0.3 is 0 Å². The first-order chi connectivity index (χ1) is 9.08. The van der Waals surface area contributed by atoms with Gasteiger partial charge in [-0.1, -0.05) is 23.8 Å². The van der Waals surface area contributed by atoms with E-state index in [4.69, 9.17) is 34.3 Å². The van der Waals surface area contributed by atoms with Gasteiger partial charge in [-0.15, -0.1) is 11.3 Å². The quantitative estimate of drug-likeness (QED) is 0.860. The molecule has 0 bridgehead atoms. The zero-order valence-corrected chi connectivity index (χ0v) is 12.7. The first-order valence-electron chi connectivity index (χ1n) is 5.69. The van der Waals surface area contributed by atoms with Crippen molar-refractivity contribution in [3.05, 3.63) is 44.9 Å². The first-order valence-corrected chi connectivity index (χ1v) is 7.35. The predicted molar refractivity (Wildman–Crippen MR) is 83.4 cm³/mol. The Morgan fingerprint density at radius 1 is 1.53 bits per heavy atom. The molecule has 0 aliphatic heterocycles. The van der Waals surface area contributed by atoms with Crippen molar-refractivity contribution < 1.29 is 4.74 Å². The highest BCUT2D eigenvalue weighted by Crippen LogP contribution is 2.23. The normalized spacial score (nSPS) is 10.4. The maximum atomic E-state index is 6.07. The van der Waals surface area contributed by atoms with Crippen molar-refractivity contribution in [2.24, 2.45) is 5.73 Å². The summed E-state index contributed by atoms with van der Waals surface area (Å²) in [6.07, 6.45) is 0.838. The molecule has 0 saturated heterocycles. The molecule has 1 aromatic heterocycles. The molecule has 0 aliphatic carbocycles. The smallest absolute Gasteiger partial charge is 0.120 e. The molecule has 3 nitrogen and oxygen atoms in total. The molecule has 0 saturated carbocycles. The van der Waals surface area contributed by atoms with Crippen molar-refractivity contribution >= 4 is 40.1 Å². The van der Waals surface area contributed by atoms with Gasteiger partial charge in [0, 0.05) is 16.9 Å². The number of aromatic nitrogens is 1. The Balaban J connectivity index is 1.95. The summed E-state index contributed by atoms with van der Waals surface area (Å²) in [5.41, 5.74) is 9.13. The van der Waals surface area contributed by atoms with Crippen LogP contribution in [0.2, 0.25) is 5.02 Å². The van der Waals surface area contributed by atoms with Gasteiger partial charge in [0.1, 0.15) is 10.7 Å². The largest absolute Gasteiger partial charge is 0.493 e. The van der Waals surface area contributed by atoms with E-state index in [9.17, 15) is 0 Å². The summed E-state index contributed by atoms with van der Waals surface area (Å²) in [7, 11) is 0. The second-order valence-electron chi connectivity index (χ2n) is 3.97. The Kier molecular flexibility index (Phi) is 4.74. The Labute approximate surface area is 126 Å². The number of benzene rings is 1. The lowest BCUT2D eigenvalue weighted by Gasteiger charge is -2.08. The molecule has 0 amide bonds. The van der Waals surface area contributed by atoms with Gasteiger partial charge in [0.25, 0.3) is 0 Å². The standard InChI is InChI=1S/C13H13ClN2OS2/c1-8-12(19-7-16-8)4-5-17-9-2-3-10(13(15)18)11(14)6-9/h2-3,6-7H,4-5H2,1H3,(H2,15,18). The number of hydrogen-bond donors (Lipinski definition) is 1. The molecule has 0 aliphatic rings. The number of hydrogen-bond acceptors (Lipinski definition) is 4. The van der Waals surface area contributed by atoms with Crippen molar-refractivity contribution in [1.29, 1.82) is 0 Å². The third-order valence-electron chi connectivity index (χ3n) is 2.65. The Morgan fingerprint density at radius 2 is 2.32 bits per heavy atom. The summed E-state index contributed by atoms with van der Waals surface area (Å²) in [5, 5.41) is 0.513. The minimum Gasteiger partial charge on any atom is -0.493 e. The molecule has 0 spiro atoms. The molecule has 19 heavy (non-hydrogen) atoms. The Bertz CT molecular complexity index is 598. The van der Waals surface area contributed by atoms with E-state index in [0.717, 1.165) is 12.1 Å². The predicted octanol–water partition coefficient (Wildman–Crippen LogP) is 3.36. The first kappa shape index (κ1) is 14.2. The average molecular weight is 313 g/mol. The lowest BCUT2D eigenvalue weighted by Crippen LogP contribution is -2.10. The summed E-state index contributed by atoms with van der Waals surface area (Å²) in [4.78, 5) is 5.73. The molecule has 1 heterocycles. The van der Waals surface area contributed by atoms with Crippen LogP contribution in [0.1, 0.15) is 16.1 Å². The van der Waals surface area contributed by atoms with Gasteiger partial charge in [-0.3, -0.25) is 0 Å². The monoisotopic (exact) mass is 312 g/mol. The van der Waals surface area contributed by atoms with Gasteiger partial charge in [0.2, 0.25) is 0 Å². The van der Waals surface area contributed by atoms with Crippen molar-refractivity contribution in [2.75, 3.05) is 6.61 Å². The second-order valence-corrected chi connectivity index (χ2v) is 5.75. The number of ether oxygens (including phenoxy) is 1. The van der Waals surface area contributed by atoms with Crippen LogP contribution in [0.4, 0.5) is 0 Å². The highest BCUT2D eigenvalue weighted by Gasteiger charge is 2.06. The molecule has 1 aromatic carbocycles. The van der Waals surface area contributed by atoms with Crippen molar-refractivity contribution in [3.63, 3.8) is 0 Å². The molecule has 2 aromatic rings. The van der Waals surface area contributed by atoms with E-state index in [2.05, 4.69) is 4.98 Å². The molecule has 6 heteroatoms. The van der Waals surface area contributed by atoms with Crippen LogP contribution in [0, 0.1) is 6.92 Å². The topological polar surface area (TPSA) is 48.1 Å². The minimum atomic E-state index is 0.289. The summed E-state index contributed by atoms with van der Waals surface area (Å²) < 4.78 is 5.66. The van der Waals surface area contributed by atoms with Gasteiger partial charge in [-0.05, 0) is 25.1 Å². The number of thiocarbonyl (C=S) groups is 1. The zero-order chi connectivity index (χ0) is 13.8. The molecule has 2 rings (SSSR count). The fourth-order valence-corrected chi connectivity index (χ4v) is 2.88. The molecule has 2 N–H and O–H groups in total. The van der Waals surface area contributed by atoms with Crippen molar-refractivity contribution in [1.82, 2.24) is 4.98 Å². The molecule has 0 fully saturated rings. The number of thiazole rings is 1. The number of rotatable bonds is 5. The Morgan fingerprint density at radius 3 is 2.89 bits per heavy atom. The molecule has 100 valence electrons. The highest BCUT2D eigenvalue weighted by molar-refractivity contribution is 7.80. The van der Waals surface area contributed by atoms with E-state index in [1.807, 2.05) is 18.5 Å². The molecule has 0 atom stereocenters. The van der Waals surface area contributed by atoms with E-state index in [-0.39, 0.29) is 4.99 Å². The number of nitrogens with zero attached hydrogens (tertiary/aromatic N) is 1. The number of nitrogens with two attached hydrogens (primary N) is 1.